The van der Waals surface area contributed by atoms with E-state index in [9.17, 15) is 4.79 Å². The number of amides is 1. The van der Waals surface area contributed by atoms with Gasteiger partial charge in [-0.25, -0.2) is 0 Å². The Kier molecular flexibility index (Phi) is 2.84. The minimum Gasteiger partial charge on any atom is -0.310 e. The molecule has 0 spiro atoms. The predicted octanol–water partition coefficient (Wildman–Crippen LogP) is 2.52. The summed E-state index contributed by atoms with van der Waals surface area (Å²) in [6.07, 6.45) is 0.292. The molecule has 0 radical (unpaired) electrons. The monoisotopic (exact) mass is 234 g/mol. The first-order chi connectivity index (χ1) is 7.61. The highest BCUT2D eigenvalue weighted by atomic mass is 35.5. The molecule has 0 N–H and O–H groups in total. The Labute approximate surface area is 99.2 Å². The minimum absolute atomic E-state index is 0.0287. The normalized spacial score (nSPS) is 19.9. The molecule has 1 heterocycles. The highest BCUT2D eigenvalue weighted by Crippen LogP contribution is 2.31. The van der Waals surface area contributed by atoms with Crippen molar-refractivity contribution in [2.24, 2.45) is 5.92 Å². The van der Waals surface area contributed by atoms with Gasteiger partial charge in [0.05, 0.1) is 22.7 Å². The number of halogens is 1. The van der Waals surface area contributed by atoms with Crippen molar-refractivity contribution in [3.63, 3.8) is 0 Å². The van der Waals surface area contributed by atoms with Crippen LogP contribution in [0.5, 0.6) is 0 Å². The highest BCUT2D eigenvalue weighted by molar-refractivity contribution is 6.33. The van der Waals surface area contributed by atoms with Crippen molar-refractivity contribution in [3.05, 3.63) is 28.8 Å². The summed E-state index contributed by atoms with van der Waals surface area (Å²) in [5, 5.41) is 9.36. The Balaban J connectivity index is 2.35. The quantitative estimate of drug-likeness (QED) is 0.750. The Morgan fingerprint density at radius 3 is 2.94 bits per heavy atom. The second-order valence-corrected chi connectivity index (χ2v) is 4.40. The summed E-state index contributed by atoms with van der Waals surface area (Å²) >= 11 is 6.06. The molecule has 1 fully saturated rings. The topological polar surface area (TPSA) is 44.1 Å². The van der Waals surface area contributed by atoms with Gasteiger partial charge in [-0.15, -0.1) is 0 Å². The van der Waals surface area contributed by atoms with Gasteiger partial charge in [-0.2, -0.15) is 5.26 Å². The fourth-order valence-corrected chi connectivity index (χ4v) is 2.08. The average molecular weight is 235 g/mol. The van der Waals surface area contributed by atoms with Crippen molar-refractivity contribution in [2.45, 2.75) is 13.3 Å². The molecular formula is C12H11ClN2O. The highest BCUT2D eigenvalue weighted by Gasteiger charge is 2.31. The Hall–Kier alpha value is -1.53. The molecule has 0 aliphatic carbocycles. The number of carbonyl (C=O) groups is 1. The smallest absolute Gasteiger partial charge is 0.228 e. The Morgan fingerprint density at radius 1 is 1.56 bits per heavy atom. The lowest BCUT2D eigenvalue weighted by atomic mass is 10.1. The molecule has 1 amide bonds. The van der Waals surface area contributed by atoms with E-state index >= 15 is 0 Å². The maximum Gasteiger partial charge on any atom is 0.228 e. The van der Waals surface area contributed by atoms with Crippen LogP contribution in [-0.4, -0.2) is 12.5 Å². The molecule has 1 aliphatic rings. The number of aryl methyl sites for hydroxylation is 1. The summed E-state index contributed by atoms with van der Waals surface area (Å²) in [7, 11) is 0. The summed E-state index contributed by atoms with van der Waals surface area (Å²) in [6.45, 7) is 2.39. The van der Waals surface area contributed by atoms with E-state index in [0.29, 0.717) is 23.7 Å². The van der Waals surface area contributed by atoms with Crippen molar-refractivity contribution in [3.8, 4) is 6.07 Å². The molecule has 0 aromatic heterocycles. The fraction of sp³-hybridized carbons (Fsp3) is 0.333. The van der Waals surface area contributed by atoms with Crippen LogP contribution in [0.2, 0.25) is 5.02 Å². The van der Waals surface area contributed by atoms with Crippen LogP contribution in [0.4, 0.5) is 5.69 Å². The van der Waals surface area contributed by atoms with E-state index in [0.717, 1.165) is 5.56 Å². The van der Waals surface area contributed by atoms with E-state index < -0.39 is 0 Å². The lowest BCUT2D eigenvalue weighted by molar-refractivity contribution is -0.117. The van der Waals surface area contributed by atoms with Crippen LogP contribution in [0.3, 0.4) is 0 Å². The second kappa shape index (κ2) is 4.15. The van der Waals surface area contributed by atoms with Gasteiger partial charge in [0, 0.05) is 13.0 Å². The average Bonchev–Trinajstić information content (AvgIpc) is 2.63. The van der Waals surface area contributed by atoms with Gasteiger partial charge in [-0.1, -0.05) is 17.7 Å². The second-order valence-electron chi connectivity index (χ2n) is 3.99. The number of carbonyl (C=O) groups excluding carboxylic acids is 1. The number of nitriles is 1. The summed E-state index contributed by atoms with van der Waals surface area (Å²) < 4.78 is 0. The molecule has 1 aliphatic heterocycles. The third-order valence-electron chi connectivity index (χ3n) is 2.70. The molecule has 82 valence electrons. The zero-order chi connectivity index (χ0) is 11.7. The number of benzene rings is 1. The lowest BCUT2D eigenvalue weighted by Crippen LogP contribution is -2.24. The van der Waals surface area contributed by atoms with Gasteiger partial charge in [0.1, 0.15) is 0 Å². The molecule has 0 bridgehead atoms. The Morgan fingerprint density at radius 2 is 2.31 bits per heavy atom. The maximum atomic E-state index is 11.7. The first-order valence-corrected chi connectivity index (χ1v) is 5.45. The van der Waals surface area contributed by atoms with Gasteiger partial charge >= 0.3 is 0 Å². The van der Waals surface area contributed by atoms with E-state index in [1.807, 2.05) is 19.1 Å². The van der Waals surface area contributed by atoms with Crippen LogP contribution >= 0.6 is 11.6 Å². The SMILES string of the molecule is Cc1ccc(Cl)c(N2CC(C#N)CC2=O)c1. The largest absolute Gasteiger partial charge is 0.310 e. The molecule has 1 saturated heterocycles. The number of hydrogen-bond donors (Lipinski definition) is 0. The molecule has 0 saturated carbocycles. The standard InChI is InChI=1S/C12H11ClN2O/c1-8-2-3-10(13)11(4-8)15-7-9(6-14)5-12(15)16/h2-4,9H,5,7H2,1H3. The fourth-order valence-electron chi connectivity index (χ4n) is 1.86. The molecule has 1 atom stereocenters. The third kappa shape index (κ3) is 1.89. The van der Waals surface area contributed by atoms with E-state index in [1.165, 1.54) is 0 Å². The number of nitrogens with zero attached hydrogens (tertiary/aromatic N) is 2. The first kappa shape index (κ1) is 11.0. The van der Waals surface area contributed by atoms with Gasteiger partial charge < -0.3 is 4.90 Å². The van der Waals surface area contributed by atoms with Crippen LogP contribution in [-0.2, 0) is 4.79 Å². The van der Waals surface area contributed by atoms with Gasteiger partial charge in [0.15, 0.2) is 0 Å². The number of rotatable bonds is 1. The van der Waals surface area contributed by atoms with Gasteiger partial charge in [0.2, 0.25) is 5.91 Å². The van der Waals surface area contributed by atoms with Crippen molar-refractivity contribution < 1.29 is 4.79 Å². The zero-order valence-electron chi connectivity index (χ0n) is 8.90. The lowest BCUT2D eigenvalue weighted by Gasteiger charge is -2.17. The Bertz CT molecular complexity index is 478. The maximum absolute atomic E-state index is 11.7. The summed E-state index contributed by atoms with van der Waals surface area (Å²) in [5.74, 6) is -0.247. The van der Waals surface area contributed by atoms with Crippen molar-refractivity contribution in [1.29, 1.82) is 5.26 Å². The van der Waals surface area contributed by atoms with Crippen LogP contribution in [0.15, 0.2) is 18.2 Å². The number of hydrogen-bond acceptors (Lipinski definition) is 2. The van der Waals surface area contributed by atoms with Crippen molar-refractivity contribution in [1.82, 2.24) is 0 Å². The number of anilines is 1. The van der Waals surface area contributed by atoms with E-state index in [4.69, 9.17) is 16.9 Å². The minimum atomic E-state index is -0.218. The summed E-state index contributed by atoms with van der Waals surface area (Å²) in [4.78, 5) is 13.3. The van der Waals surface area contributed by atoms with E-state index in [-0.39, 0.29) is 11.8 Å². The van der Waals surface area contributed by atoms with Crippen LogP contribution in [0, 0.1) is 24.2 Å². The first-order valence-electron chi connectivity index (χ1n) is 5.08. The van der Waals surface area contributed by atoms with Crippen molar-refractivity contribution in [2.75, 3.05) is 11.4 Å². The molecule has 16 heavy (non-hydrogen) atoms. The molecule has 4 heteroatoms. The van der Waals surface area contributed by atoms with Crippen LogP contribution < -0.4 is 4.90 Å². The molecule has 1 unspecified atom stereocenters. The molecule has 1 aromatic rings. The van der Waals surface area contributed by atoms with Gasteiger partial charge in [-0.05, 0) is 24.6 Å². The van der Waals surface area contributed by atoms with E-state index in [2.05, 4.69) is 6.07 Å². The third-order valence-corrected chi connectivity index (χ3v) is 3.02. The summed E-state index contributed by atoms with van der Waals surface area (Å²) in [5.41, 5.74) is 1.76. The predicted molar refractivity (Wildman–Crippen MR) is 62.3 cm³/mol. The summed E-state index contributed by atoms with van der Waals surface area (Å²) in [6, 6.07) is 7.67. The molecule has 2 rings (SSSR count). The molecule has 1 aromatic carbocycles. The molecular weight excluding hydrogens is 224 g/mol. The zero-order valence-corrected chi connectivity index (χ0v) is 9.66. The van der Waals surface area contributed by atoms with Crippen LogP contribution in [0.1, 0.15) is 12.0 Å². The molecule has 3 nitrogen and oxygen atoms in total. The van der Waals surface area contributed by atoms with E-state index in [1.54, 1.807) is 11.0 Å². The van der Waals surface area contributed by atoms with Gasteiger partial charge in [-0.3, -0.25) is 4.79 Å². The van der Waals surface area contributed by atoms with Gasteiger partial charge in [0.25, 0.3) is 0 Å². The van der Waals surface area contributed by atoms with Crippen molar-refractivity contribution >= 4 is 23.2 Å². The van der Waals surface area contributed by atoms with Crippen LogP contribution in [0.25, 0.3) is 0 Å².